The number of nitrogens with one attached hydrogen (secondary N) is 1. The fraction of sp³-hybridized carbons (Fsp3) is 0.444. The second kappa shape index (κ2) is 6.34. The van der Waals surface area contributed by atoms with Gasteiger partial charge in [-0.15, -0.1) is 0 Å². The zero-order valence-corrected chi connectivity index (χ0v) is 13.0. The summed E-state index contributed by atoms with van der Waals surface area (Å²) in [6.07, 6.45) is 8.02. The zero-order chi connectivity index (χ0) is 15.5. The molecule has 4 nitrogen and oxygen atoms in total. The van der Waals surface area contributed by atoms with Crippen LogP contribution in [0.1, 0.15) is 52.8 Å². The summed E-state index contributed by atoms with van der Waals surface area (Å²) in [7, 11) is 1.60. The summed E-state index contributed by atoms with van der Waals surface area (Å²) < 4.78 is 0. The number of allylic oxidation sites excluding steroid dienone is 2. The van der Waals surface area contributed by atoms with E-state index in [9.17, 15) is 9.59 Å². The Morgan fingerprint density at radius 3 is 2.50 bits per heavy atom. The first-order chi connectivity index (χ1) is 10.7. The highest BCUT2D eigenvalue weighted by Gasteiger charge is 2.30. The molecule has 3 rings (SSSR count). The molecular formula is C18H22N2O2. The Morgan fingerprint density at radius 1 is 1.09 bits per heavy atom. The van der Waals surface area contributed by atoms with Crippen molar-refractivity contribution in [1.29, 1.82) is 0 Å². The maximum absolute atomic E-state index is 12.8. The summed E-state index contributed by atoms with van der Waals surface area (Å²) in [5.41, 5.74) is 2.45. The molecule has 1 heterocycles. The Balaban J connectivity index is 1.81. The molecule has 1 aliphatic carbocycles. The van der Waals surface area contributed by atoms with Crippen molar-refractivity contribution in [2.24, 2.45) is 5.92 Å². The summed E-state index contributed by atoms with van der Waals surface area (Å²) in [6, 6.07) is 6.92. The molecule has 1 aromatic carbocycles. The summed E-state index contributed by atoms with van der Waals surface area (Å²) >= 11 is 0. The minimum absolute atomic E-state index is 0.0568. The molecule has 1 saturated heterocycles. The molecule has 0 spiro atoms. The van der Waals surface area contributed by atoms with Gasteiger partial charge in [0.1, 0.15) is 0 Å². The fourth-order valence-electron chi connectivity index (χ4n) is 3.46. The number of piperidine rings is 1. The fourth-order valence-corrected chi connectivity index (χ4v) is 3.46. The van der Waals surface area contributed by atoms with E-state index in [1.54, 1.807) is 31.3 Å². The molecule has 2 amide bonds. The van der Waals surface area contributed by atoms with Gasteiger partial charge in [-0.3, -0.25) is 9.59 Å². The standard InChI is InChI=1S/C18H22N2O2/c1-19-17(21)14-8-10-15(11-9-14)18(22)20-12-4-6-13-5-2-3-7-16(13)20/h7-11,13H,2-6,12H2,1H3,(H,19,21). The van der Waals surface area contributed by atoms with Gasteiger partial charge in [0.25, 0.3) is 11.8 Å². The Hall–Kier alpha value is -2.10. The predicted octanol–water partition coefficient (Wildman–Crippen LogP) is 2.97. The van der Waals surface area contributed by atoms with Crippen LogP contribution in [0.15, 0.2) is 36.0 Å². The monoisotopic (exact) mass is 298 g/mol. The van der Waals surface area contributed by atoms with Gasteiger partial charge in [0.05, 0.1) is 0 Å². The lowest BCUT2D eigenvalue weighted by Crippen LogP contribution is -2.39. The number of hydrogen-bond acceptors (Lipinski definition) is 2. The molecule has 1 fully saturated rings. The van der Waals surface area contributed by atoms with Gasteiger partial charge >= 0.3 is 0 Å². The normalized spacial score (nSPS) is 20.9. The average molecular weight is 298 g/mol. The lowest BCUT2D eigenvalue weighted by atomic mass is 9.84. The van der Waals surface area contributed by atoms with Crippen molar-refractivity contribution in [2.75, 3.05) is 13.6 Å². The molecule has 1 aromatic rings. The SMILES string of the molecule is CNC(=O)c1ccc(C(=O)N2CCCC3CCCC=C32)cc1. The molecule has 22 heavy (non-hydrogen) atoms. The zero-order valence-electron chi connectivity index (χ0n) is 13.0. The van der Waals surface area contributed by atoms with Crippen LogP contribution in [-0.2, 0) is 0 Å². The van der Waals surface area contributed by atoms with Crippen LogP contribution in [0.25, 0.3) is 0 Å². The van der Waals surface area contributed by atoms with Crippen LogP contribution in [0.5, 0.6) is 0 Å². The van der Waals surface area contributed by atoms with Crippen LogP contribution >= 0.6 is 0 Å². The molecule has 0 saturated carbocycles. The molecule has 4 heteroatoms. The topological polar surface area (TPSA) is 49.4 Å². The second-order valence-corrected chi connectivity index (χ2v) is 6.01. The largest absolute Gasteiger partial charge is 0.355 e. The van der Waals surface area contributed by atoms with E-state index in [0.717, 1.165) is 19.4 Å². The first-order valence-corrected chi connectivity index (χ1v) is 8.05. The lowest BCUT2D eigenvalue weighted by Gasteiger charge is -2.38. The number of carbonyl (C=O) groups is 2. The third-order valence-corrected chi connectivity index (χ3v) is 4.64. The highest BCUT2D eigenvalue weighted by Crippen LogP contribution is 2.35. The van der Waals surface area contributed by atoms with Gasteiger partial charge in [-0.25, -0.2) is 0 Å². The van der Waals surface area contributed by atoms with Gasteiger partial charge in [-0.1, -0.05) is 6.08 Å². The van der Waals surface area contributed by atoms with Gasteiger partial charge in [0.15, 0.2) is 0 Å². The molecule has 1 aliphatic heterocycles. The molecule has 1 unspecified atom stereocenters. The molecule has 0 bridgehead atoms. The summed E-state index contributed by atoms with van der Waals surface area (Å²) in [4.78, 5) is 26.3. The molecular weight excluding hydrogens is 276 g/mol. The maximum atomic E-state index is 12.8. The summed E-state index contributed by atoms with van der Waals surface area (Å²) in [5, 5.41) is 2.59. The Kier molecular flexibility index (Phi) is 4.27. The number of benzene rings is 1. The first-order valence-electron chi connectivity index (χ1n) is 8.05. The van der Waals surface area contributed by atoms with E-state index in [0.29, 0.717) is 17.0 Å². The Bertz CT molecular complexity index is 604. The van der Waals surface area contributed by atoms with Crippen molar-refractivity contribution < 1.29 is 9.59 Å². The minimum Gasteiger partial charge on any atom is -0.355 e. The van der Waals surface area contributed by atoms with Crippen LogP contribution in [0.3, 0.4) is 0 Å². The van der Waals surface area contributed by atoms with Crippen LogP contribution in [0.2, 0.25) is 0 Å². The van der Waals surface area contributed by atoms with Crippen molar-refractivity contribution in [3.63, 3.8) is 0 Å². The molecule has 0 radical (unpaired) electrons. The van der Waals surface area contributed by atoms with Gasteiger partial charge in [-0.05, 0) is 62.3 Å². The number of fused-ring (bicyclic) bond motifs is 1. The van der Waals surface area contributed by atoms with Crippen LogP contribution in [-0.4, -0.2) is 30.3 Å². The van der Waals surface area contributed by atoms with Crippen LogP contribution < -0.4 is 5.32 Å². The minimum atomic E-state index is -0.132. The van der Waals surface area contributed by atoms with E-state index < -0.39 is 0 Å². The number of hydrogen-bond donors (Lipinski definition) is 1. The van der Waals surface area contributed by atoms with E-state index in [4.69, 9.17) is 0 Å². The summed E-state index contributed by atoms with van der Waals surface area (Å²) in [5.74, 6) is 0.477. The van der Waals surface area contributed by atoms with Crippen molar-refractivity contribution >= 4 is 11.8 Å². The van der Waals surface area contributed by atoms with Gasteiger partial charge in [0, 0.05) is 30.4 Å². The highest BCUT2D eigenvalue weighted by molar-refractivity contribution is 5.98. The van der Waals surface area contributed by atoms with Gasteiger partial charge < -0.3 is 10.2 Å². The van der Waals surface area contributed by atoms with Crippen molar-refractivity contribution in [3.05, 3.63) is 47.2 Å². The number of rotatable bonds is 2. The van der Waals surface area contributed by atoms with E-state index in [-0.39, 0.29) is 11.8 Å². The summed E-state index contributed by atoms with van der Waals surface area (Å²) in [6.45, 7) is 0.804. The quantitative estimate of drug-likeness (QED) is 0.912. The van der Waals surface area contributed by atoms with Crippen LogP contribution in [0.4, 0.5) is 0 Å². The third-order valence-electron chi connectivity index (χ3n) is 4.64. The van der Waals surface area contributed by atoms with Crippen molar-refractivity contribution in [1.82, 2.24) is 10.2 Å². The average Bonchev–Trinajstić information content (AvgIpc) is 2.60. The van der Waals surface area contributed by atoms with Gasteiger partial charge in [0.2, 0.25) is 0 Å². The molecule has 1 N–H and O–H groups in total. The lowest BCUT2D eigenvalue weighted by molar-refractivity contribution is 0.0748. The third kappa shape index (κ3) is 2.78. The number of nitrogens with zero attached hydrogens (tertiary/aromatic N) is 1. The molecule has 0 aromatic heterocycles. The smallest absolute Gasteiger partial charge is 0.258 e. The predicted molar refractivity (Wildman–Crippen MR) is 85.5 cm³/mol. The van der Waals surface area contributed by atoms with E-state index in [1.165, 1.54) is 25.0 Å². The van der Waals surface area contributed by atoms with E-state index in [2.05, 4.69) is 11.4 Å². The molecule has 1 atom stereocenters. The highest BCUT2D eigenvalue weighted by atomic mass is 16.2. The molecule has 116 valence electrons. The maximum Gasteiger partial charge on any atom is 0.258 e. The first kappa shape index (κ1) is 14.8. The van der Waals surface area contributed by atoms with Crippen LogP contribution in [0, 0.1) is 5.92 Å². The van der Waals surface area contributed by atoms with E-state index in [1.807, 2.05) is 4.90 Å². The van der Waals surface area contributed by atoms with Crippen molar-refractivity contribution in [2.45, 2.75) is 32.1 Å². The number of carbonyl (C=O) groups excluding carboxylic acids is 2. The number of likely N-dealkylation sites (tertiary alicyclic amines) is 1. The molecule has 2 aliphatic rings. The van der Waals surface area contributed by atoms with Gasteiger partial charge in [-0.2, -0.15) is 0 Å². The Morgan fingerprint density at radius 2 is 1.77 bits per heavy atom. The second-order valence-electron chi connectivity index (χ2n) is 6.01. The van der Waals surface area contributed by atoms with Crippen molar-refractivity contribution in [3.8, 4) is 0 Å². The number of amides is 2. The Labute approximate surface area is 131 Å². The van der Waals surface area contributed by atoms with E-state index >= 15 is 0 Å².